The molecule has 1 aromatic carbocycles. The number of nitrogens with one attached hydrogen (secondary N) is 1. The fourth-order valence-electron chi connectivity index (χ4n) is 2.90. The van der Waals surface area contributed by atoms with Gasteiger partial charge >= 0.3 is 0 Å². The SMILES string of the molecule is Cc1cc(NCc2ccccc2-n2ccc(C)n2)nc(-c2cccnc2)n1. The first-order chi connectivity index (χ1) is 13.2. The minimum atomic E-state index is 0.637. The zero-order chi connectivity index (χ0) is 18.6. The van der Waals surface area contributed by atoms with E-state index in [2.05, 4.69) is 37.5 Å². The van der Waals surface area contributed by atoms with Crippen molar-refractivity contribution in [1.29, 1.82) is 0 Å². The lowest BCUT2D eigenvalue weighted by molar-refractivity contribution is 0.848. The Labute approximate surface area is 158 Å². The summed E-state index contributed by atoms with van der Waals surface area (Å²) in [5.41, 5.74) is 4.99. The van der Waals surface area contributed by atoms with E-state index in [1.165, 1.54) is 0 Å². The van der Waals surface area contributed by atoms with Gasteiger partial charge in [0.2, 0.25) is 0 Å². The van der Waals surface area contributed by atoms with Crippen molar-refractivity contribution in [2.75, 3.05) is 5.32 Å². The summed E-state index contributed by atoms with van der Waals surface area (Å²) in [7, 11) is 0. The van der Waals surface area contributed by atoms with Crippen molar-refractivity contribution in [1.82, 2.24) is 24.7 Å². The number of nitrogens with zero attached hydrogens (tertiary/aromatic N) is 5. The van der Waals surface area contributed by atoms with E-state index in [0.29, 0.717) is 12.4 Å². The zero-order valence-corrected chi connectivity index (χ0v) is 15.3. The van der Waals surface area contributed by atoms with Crippen LogP contribution in [0.25, 0.3) is 17.1 Å². The summed E-state index contributed by atoms with van der Waals surface area (Å²) in [6.45, 7) is 4.59. The quantitative estimate of drug-likeness (QED) is 0.586. The van der Waals surface area contributed by atoms with E-state index < -0.39 is 0 Å². The normalized spacial score (nSPS) is 10.7. The first-order valence-corrected chi connectivity index (χ1v) is 8.79. The molecule has 0 saturated heterocycles. The lowest BCUT2D eigenvalue weighted by Gasteiger charge is -2.12. The van der Waals surface area contributed by atoms with Gasteiger partial charge in [-0.2, -0.15) is 5.10 Å². The Morgan fingerprint density at radius 2 is 1.85 bits per heavy atom. The van der Waals surface area contributed by atoms with Gasteiger partial charge in [0.05, 0.1) is 11.4 Å². The largest absolute Gasteiger partial charge is 0.366 e. The van der Waals surface area contributed by atoms with Gasteiger partial charge in [0.1, 0.15) is 5.82 Å². The molecule has 0 fully saturated rings. The van der Waals surface area contributed by atoms with Gasteiger partial charge in [-0.15, -0.1) is 0 Å². The van der Waals surface area contributed by atoms with E-state index in [9.17, 15) is 0 Å². The van der Waals surface area contributed by atoms with E-state index >= 15 is 0 Å². The van der Waals surface area contributed by atoms with Gasteiger partial charge in [-0.25, -0.2) is 14.6 Å². The maximum absolute atomic E-state index is 4.64. The first-order valence-electron chi connectivity index (χ1n) is 8.79. The molecule has 0 aliphatic rings. The van der Waals surface area contributed by atoms with Crippen molar-refractivity contribution >= 4 is 5.82 Å². The Morgan fingerprint density at radius 3 is 2.63 bits per heavy atom. The summed E-state index contributed by atoms with van der Waals surface area (Å²) in [6.07, 6.45) is 5.49. The third-order valence-corrected chi connectivity index (χ3v) is 4.19. The molecule has 3 heterocycles. The fraction of sp³-hybridized carbons (Fsp3) is 0.143. The van der Waals surface area contributed by atoms with E-state index in [-0.39, 0.29) is 0 Å². The molecule has 0 atom stereocenters. The molecular weight excluding hydrogens is 336 g/mol. The Balaban J connectivity index is 1.59. The monoisotopic (exact) mass is 356 g/mol. The van der Waals surface area contributed by atoms with Crippen LogP contribution >= 0.6 is 0 Å². The van der Waals surface area contributed by atoms with Gasteiger partial charge < -0.3 is 5.32 Å². The van der Waals surface area contributed by atoms with Gasteiger partial charge in [-0.3, -0.25) is 4.98 Å². The lowest BCUT2D eigenvalue weighted by Crippen LogP contribution is -2.07. The Morgan fingerprint density at radius 1 is 0.963 bits per heavy atom. The smallest absolute Gasteiger partial charge is 0.163 e. The summed E-state index contributed by atoms with van der Waals surface area (Å²) in [5.74, 6) is 1.45. The highest BCUT2D eigenvalue weighted by Gasteiger charge is 2.08. The molecular formula is C21H20N6. The molecule has 0 radical (unpaired) electrons. The number of para-hydroxylation sites is 1. The molecule has 0 unspecified atom stereocenters. The fourth-order valence-corrected chi connectivity index (χ4v) is 2.90. The van der Waals surface area contributed by atoms with Crippen molar-refractivity contribution in [3.63, 3.8) is 0 Å². The summed E-state index contributed by atoms with van der Waals surface area (Å²) in [4.78, 5) is 13.3. The Hall–Kier alpha value is -3.54. The Bertz CT molecular complexity index is 1060. The van der Waals surface area contributed by atoms with Crippen LogP contribution in [-0.4, -0.2) is 24.7 Å². The van der Waals surface area contributed by atoms with Crippen LogP contribution in [0.2, 0.25) is 0 Å². The van der Waals surface area contributed by atoms with Crippen LogP contribution in [0.4, 0.5) is 5.82 Å². The average molecular weight is 356 g/mol. The molecule has 27 heavy (non-hydrogen) atoms. The van der Waals surface area contributed by atoms with Crippen LogP contribution < -0.4 is 5.32 Å². The molecule has 6 nitrogen and oxygen atoms in total. The summed E-state index contributed by atoms with van der Waals surface area (Å²) >= 11 is 0. The third-order valence-electron chi connectivity index (χ3n) is 4.19. The first kappa shape index (κ1) is 16.9. The third kappa shape index (κ3) is 3.84. The van der Waals surface area contributed by atoms with Crippen LogP contribution in [-0.2, 0) is 6.54 Å². The predicted octanol–water partition coefficient (Wildman–Crippen LogP) is 3.95. The second-order valence-electron chi connectivity index (χ2n) is 6.34. The van der Waals surface area contributed by atoms with E-state index in [1.807, 2.05) is 61.1 Å². The molecule has 0 bridgehead atoms. The van der Waals surface area contributed by atoms with Crippen LogP contribution in [0, 0.1) is 13.8 Å². The van der Waals surface area contributed by atoms with Gasteiger partial charge in [0.15, 0.2) is 5.82 Å². The van der Waals surface area contributed by atoms with E-state index in [0.717, 1.165) is 34.0 Å². The van der Waals surface area contributed by atoms with Crippen LogP contribution in [0.1, 0.15) is 17.0 Å². The second-order valence-corrected chi connectivity index (χ2v) is 6.34. The maximum Gasteiger partial charge on any atom is 0.163 e. The van der Waals surface area contributed by atoms with Gasteiger partial charge in [0.25, 0.3) is 0 Å². The number of aryl methyl sites for hydroxylation is 2. The van der Waals surface area contributed by atoms with Crippen molar-refractivity contribution in [2.24, 2.45) is 0 Å². The highest BCUT2D eigenvalue weighted by molar-refractivity contribution is 5.56. The molecule has 134 valence electrons. The summed E-state index contributed by atoms with van der Waals surface area (Å²) < 4.78 is 1.90. The molecule has 4 rings (SSSR count). The average Bonchev–Trinajstić information content (AvgIpc) is 3.13. The minimum Gasteiger partial charge on any atom is -0.366 e. The number of hydrogen-bond donors (Lipinski definition) is 1. The highest BCUT2D eigenvalue weighted by atomic mass is 15.3. The molecule has 0 aliphatic carbocycles. The van der Waals surface area contributed by atoms with Gasteiger partial charge in [-0.05, 0) is 43.7 Å². The summed E-state index contributed by atoms with van der Waals surface area (Å²) in [5, 5.41) is 7.94. The molecule has 0 amide bonds. The lowest BCUT2D eigenvalue weighted by atomic mass is 10.1. The van der Waals surface area contributed by atoms with Crippen molar-refractivity contribution in [3.8, 4) is 17.1 Å². The number of anilines is 1. The molecule has 1 N–H and O–H groups in total. The van der Waals surface area contributed by atoms with Gasteiger partial charge in [-0.1, -0.05) is 18.2 Å². The number of rotatable bonds is 5. The maximum atomic E-state index is 4.64. The molecule has 4 aromatic rings. The van der Waals surface area contributed by atoms with E-state index in [1.54, 1.807) is 12.4 Å². The van der Waals surface area contributed by atoms with Crippen molar-refractivity contribution in [2.45, 2.75) is 20.4 Å². The van der Waals surface area contributed by atoms with Crippen molar-refractivity contribution in [3.05, 3.63) is 84.1 Å². The van der Waals surface area contributed by atoms with Crippen LogP contribution in [0.5, 0.6) is 0 Å². The molecule has 0 spiro atoms. The number of aromatic nitrogens is 5. The Kier molecular flexibility index (Phi) is 4.61. The molecule has 6 heteroatoms. The molecule has 0 saturated carbocycles. The predicted molar refractivity (Wildman–Crippen MR) is 106 cm³/mol. The zero-order valence-electron chi connectivity index (χ0n) is 15.3. The second kappa shape index (κ2) is 7.37. The molecule has 0 aliphatic heterocycles. The van der Waals surface area contributed by atoms with Gasteiger partial charge in [0, 0.05) is 42.5 Å². The van der Waals surface area contributed by atoms with Crippen molar-refractivity contribution < 1.29 is 0 Å². The van der Waals surface area contributed by atoms with Crippen LogP contribution in [0.15, 0.2) is 67.1 Å². The highest BCUT2D eigenvalue weighted by Crippen LogP contribution is 2.19. The number of benzene rings is 1. The van der Waals surface area contributed by atoms with Crippen LogP contribution in [0.3, 0.4) is 0 Å². The van der Waals surface area contributed by atoms with E-state index in [4.69, 9.17) is 0 Å². The minimum absolute atomic E-state index is 0.637. The number of hydrogen-bond acceptors (Lipinski definition) is 5. The summed E-state index contributed by atoms with van der Waals surface area (Å²) in [6, 6.07) is 16.0. The topological polar surface area (TPSA) is 68.5 Å². The molecule has 3 aromatic heterocycles. The standard InChI is InChI=1S/C21H20N6/c1-15-9-11-27(26-15)19-8-4-3-6-17(19)14-23-20-12-16(2)24-21(25-20)18-7-5-10-22-13-18/h3-13H,14H2,1-2H3,(H,23,24,25). The number of pyridine rings is 1.